The molecule has 4 nitrogen and oxygen atoms in total. The number of rotatable bonds is 6. The second-order valence-corrected chi connectivity index (χ2v) is 5.13. The Hall–Kier alpha value is -2.28. The molecule has 2 N–H and O–H groups in total. The molecule has 106 valence electrons. The number of nitrogens with zero attached hydrogens (tertiary/aromatic N) is 1. The molecule has 0 bridgehead atoms. The summed E-state index contributed by atoms with van der Waals surface area (Å²) >= 11 is 0. The van der Waals surface area contributed by atoms with E-state index in [1.807, 2.05) is 37.3 Å². The molecule has 0 radical (unpaired) electrons. The van der Waals surface area contributed by atoms with Crippen molar-refractivity contribution in [1.82, 2.24) is 5.32 Å². The lowest BCUT2D eigenvalue weighted by molar-refractivity contribution is -0.112. The van der Waals surface area contributed by atoms with Crippen LogP contribution in [0, 0.1) is 24.2 Å². The minimum Gasteiger partial charge on any atom is -0.390 e. The van der Waals surface area contributed by atoms with Crippen molar-refractivity contribution in [3.63, 3.8) is 0 Å². The maximum Gasteiger partial charge on any atom is 0.267 e. The highest BCUT2D eigenvalue weighted by atomic mass is 16.1. The van der Waals surface area contributed by atoms with Crippen molar-refractivity contribution in [3.05, 3.63) is 41.6 Å². The summed E-state index contributed by atoms with van der Waals surface area (Å²) in [4.78, 5) is 11.9. The van der Waals surface area contributed by atoms with Crippen LogP contribution >= 0.6 is 0 Å². The second kappa shape index (κ2) is 8.00. The molecule has 0 heterocycles. The fourth-order valence-electron chi connectivity index (χ4n) is 1.53. The molecular formula is C16H21N3O. The maximum absolute atomic E-state index is 11.9. The van der Waals surface area contributed by atoms with Gasteiger partial charge >= 0.3 is 0 Å². The number of nitrogens with one attached hydrogen (secondary N) is 2. The van der Waals surface area contributed by atoms with E-state index in [0.717, 1.165) is 18.5 Å². The number of anilines is 1. The van der Waals surface area contributed by atoms with Crippen molar-refractivity contribution in [2.75, 3.05) is 11.9 Å². The monoisotopic (exact) mass is 271 g/mol. The van der Waals surface area contributed by atoms with Gasteiger partial charge in [-0.3, -0.25) is 4.79 Å². The molecule has 0 unspecified atom stereocenters. The van der Waals surface area contributed by atoms with Crippen LogP contribution in [-0.2, 0) is 4.79 Å². The first kappa shape index (κ1) is 15.8. The lowest BCUT2D eigenvalue weighted by atomic mass is 10.1. The minimum atomic E-state index is -0.395. The van der Waals surface area contributed by atoms with E-state index in [4.69, 9.17) is 5.26 Å². The van der Waals surface area contributed by atoms with Crippen molar-refractivity contribution in [2.24, 2.45) is 5.92 Å². The summed E-state index contributed by atoms with van der Waals surface area (Å²) in [5.41, 5.74) is 1.88. The first-order chi connectivity index (χ1) is 9.52. The maximum atomic E-state index is 11.9. The number of hydrogen-bond acceptors (Lipinski definition) is 3. The summed E-state index contributed by atoms with van der Waals surface area (Å²) < 4.78 is 0. The summed E-state index contributed by atoms with van der Waals surface area (Å²) in [5.74, 6) is 0.191. The average molecular weight is 271 g/mol. The third-order valence-electron chi connectivity index (χ3n) is 2.79. The molecule has 1 amide bonds. The molecular weight excluding hydrogens is 250 g/mol. The number of amides is 1. The zero-order valence-corrected chi connectivity index (χ0v) is 12.2. The SMILES string of the molecule is Cc1ccc(NC(=O)/C(C#N)=C\NCCC(C)C)cc1. The summed E-state index contributed by atoms with van der Waals surface area (Å²) in [7, 11) is 0. The van der Waals surface area contributed by atoms with Crippen LogP contribution in [0.1, 0.15) is 25.8 Å². The number of benzene rings is 1. The smallest absolute Gasteiger partial charge is 0.267 e. The predicted molar refractivity (Wildman–Crippen MR) is 81.0 cm³/mol. The van der Waals surface area contributed by atoms with Crippen LogP contribution in [0.4, 0.5) is 5.69 Å². The average Bonchev–Trinajstić information content (AvgIpc) is 2.41. The summed E-state index contributed by atoms with van der Waals surface area (Å²) in [6.07, 6.45) is 2.47. The molecule has 0 aliphatic heterocycles. The zero-order chi connectivity index (χ0) is 15.0. The quantitative estimate of drug-likeness (QED) is 0.475. The molecule has 4 heteroatoms. The fourth-order valence-corrected chi connectivity index (χ4v) is 1.53. The number of hydrogen-bond donors (Lipinski definition) is 2. The van der Waals surface area contributed by atoms with E-state index in [1.165, 1.54) is 6.20 Å². The van der Waals surface area contributed by atoms with Gasteiger partial charge in [-0.15, -0.1) is 0 Å². The lowest BCUT2D eigenvalue weighted by Gasteiger charge is -2.06. The fraction of sp³-hybridized carbons (Fsp3) is 0.375. The van der Waals surface area contributed by atoms with Gasteiger partial charge in [-0.05, 0) is 31.4 Å². The first-order valence-corrected chi connectivity index (χ1v) is 6.74. The Kier molecular flexibility index (Phi) is 6.31. The standard InChI is InChI=1S/C16H21N3O/c1-12(2)8-9-18-11-14(10-17)16(20)19-15-6-4-13(3)5-7-15/h4-7,11-12,18H,8-9H2,1-3H3,(H,19,20)/b14-11-. The van der Waals surface area contributed by atoms with E-state index in [0.29, 0.717) is 11.6 Å². The van der Waals surface area contributed by atoms with Gasteiger partial charge in [0.15, 0.2) is 0 Å². The van der Waals surface area contributed by atoms with Crippen LogP contribution < -0.4 is 10.6 Å². The molecule has 0 aliphatic carbocycles. The van der Waals surface area contributed by atoms with Crippen LogP contribution in [0.3, 0.4) is 0 Å². The Morgan fingerprint density at radius 2 is 2.00 bits per heavy atom. The highest BCUT2D eigenvalue weighted by molar-refractivity contribution is 6.06. The van der Waals surface area contributed by atoms with E-state index in [2.05, 4.69) is 24.5 Å². The topological polar surface area (TPSA) is 64.9 Å². The van der Waals surface area contributed by atoms with Crippen molar-refractivity contribution in [3.8, 4) is 6.07 Å². The number of carbonyl (C=O) groups excluding carboxylic acids is 1. The van der Waals surface area contributed by atoms with Crippen molar-refractivity contribution < 1.29 is 4.79 Å². The van der Waals surface area contributed by atoms with E-state index in [-0.39, 0.29) is 5.57 Å². The van der Waals surface area contributed by atoms with Crippen molar-refractivity contribution in [1.29, 1.82) is 5.26 Å². The van der Waals surface area contributed by atoms with Gasteiger partial charge in [-0.1, -0.05) is 31.5 Å². The number of carbonyl (C=O) groups is 1. The Morgan fingerprint density at radius 3 is 2.55 bits per heavy atom. The third-order valence-corrected chi connectivity index (χ3v) is 2.79. The Balaban J connectivity index is 2.56. The molecule has 0 aliphatic rings. The van der Waals surface area contributed by atoms with Gasteiger partial charge in [-0.2, -0.15) is 5.26 Å². The van der Waals surface area contributed by atoms with Crippen LogP contribution in [0.25, 0.3) is 0 Å². The lowest BCUT2D eigenvalue weighted by Crippen LogP contribution is -2.17. The van der Waals surface area contributed by atoms with Gasteiger partial charge in [0.1, 0.15) is 11.6 Å². The van der Waals surface area contributed by atoms with Gasteiger partial charge < -0.3 is 10.6 Å². The summed E-state index contributed by atoms with van der Waals surface area (Å²) in [6.45, 7) is 6.98. The molecule has 1 aromatic carbocycles. The molecule has 0 saturated carbocycles. The van der Waals surface area contributed by atoms with Crippen LogP contribution in [0.2, 0.25) is 0 Å². The summed E-state index contributed by atoms with van der Waals surface area (Å²) in [5, 5.41) is 14.7. The van der Waals surface area contributed by atoms with E-state index in [1.54, 1.807) is 0 Å². The molecule has 0 atom stereocenters. The van der Waals surface area contributed by atoms with Gasteiger partial charge in [0, 0.05) is 18.4 Å². The molecule has 20 heavy (non-hydrogen) atoms. The van der Waals surface area contributed by atoms with Crippen LogP contribution in [-0.4, -0.2) is 12.5 Å². The highest BCUT2D eigenvalue weighted by Gasteiger charge is 2.08. The molecule has 0 spiro atoms. The third kappa shape index (κ3) is 5.57. The van der Waals surface area contributed by atoms with Crippen molar-refractivity contribution in [2.45, 2.75) is 27.2 Å². The summed E-state index contributed by atoms with van der Waals surface area (Å²) in [6, 6.07) is 9.35. The Bertz CT molecular complexity index is 510. The second-order valence-electron chi connectivity index (χ2n) is 5.13. The molecule has 0 aromatic heterocycles. The first-order valence-electron chi connectivity index (χ1n) is 6.74. The largest absolute Gasteiger partial charge is 0.390 e. The van der Waals surface area contributed by atoms with Crippen LogP contribution in [0.15, 0.2) is 36.0 Å². The minimum absolute atomic E-state index is 0.0781. The van der Waals surface area contributed by atoms with Gasteiger partial charge in [-0.25, -0.2) is 0 Å². The number of nitriles is 1. The highest BCUT2D eigenvalue weighted by Crippen LogP contribution is 2.09. The van der Waals surface area contributed by atoms with Gasteiger partial charge in [0.2, 0.25) is 0 Å². The van der Waals surface area contributed by atoms with Crippen molar-refractivity contribution >= 4 is 11.6 Å². The van der Waals surface area contributed by atoms with E-state index >= 15 is 0 Å². The zero-order valence-electron chi connectivity index (χ0n) is 12.2. The molecule has 1 aromatic rings. The number of aryl methyl sites for hydroxylation is 1. The van der Waals surface area contributed by atoms with Gasteiger partial charge in [0.25, 0.3) is 5.91 Å². The molecule has 0 saturated heterocycles. The Labute approximate surface area is 120 Å². The van der Waals surface area contributed by atoms with Crippen LogP contribution in [0.5, 0.6) is 0 Å². The predicted octanol–water partition coefficient (Wildman–Crippen LogP) is 2.98. The van der Waals surface area contributed by atoms with E-state index < -0.39 is 5.91 Å². The normalized spacial score (nSPS) is 11.1. The van der Waals surface area contributed by atoms with Gasteiger partial charge in [0.05, 0.1) is 0 Å². The molecule has 0 fully saturated rings. The Morgan fingerprint density at radius 1 is 1.35 bits per heavy atom. The van der Waals surface area contributed by atoms with E-state index in [9.17, 15) is 4.79 Å². The molecule has 1 rings (SSSR count).